The van der Waals surface area contributed by atoms with Crippen molar-refractivity contribution in [2.45, 2.75) is 38.2 Å². The average Bonchev–Trinajstić information content (AvgIpc) is 3.12. The summed E-state index contributed by atoms with van der Waals surface area (Å²) in [5.41, 5.74) is 0.147. The molecule has 90 valence electrons. The summed E-state index contributed by atoms with van der Waals surface area (Å²) in [6.07, 6.45) is 3.48. The molecule has 1 aliphatic heterocycles. The quantitative estimate of drug-likeness (QED) is 0.784. The van der Waals surface area contributed by atoms with Crippen LogP contribution in [0, 0.1) is 11.7 Å². The number of Topliss-reactive ketones (excluding diaryl/α,β-unsaturated/α-hetero) is 1. The third kappa shape index (κ3) is 1.65. The van der Waals surface area contributed by atoms with Crippen LogP contribution in [-0.2, 0) is 0 Å². The Morgan fingerprint density at radius 2 is 2.24 bits per heavy atom. The SMILES string of the molecule is CCC1(C2CC2)CC(=O)c2ccc(F)cc2O1. The van der Waals surface area contributed by atoms with E-state index in [9.17, 15) is 9.18 Å². The Hall–Kier alpha value is -1.38. The van der Waals surface area contributed by atoms with Gasteiger partial charge in [-0.25, -0.2) is 4.39 Å². The van der Waals surface area contributed by atoms with Crippen molar-refractivity contribution in [1.29, 1.82) is 0 Å². The maximum Gasteiger partial charge on any atom is 0.170 e. The van der Waals surface area contributed by atoms with Gasteiger partial charge in [-0.1, -0.05) is 6.92 Å². The molecule has 3 rings (SSSR count). The van der Waals surface area contributed by atoms with E-state index >= 15 is 0 Å². The van der Waals surface area contributed by atoms with Crippen LogP contribution in [0.1, 0.15) is 43.0 Å². The van der Waals surface area contributed by atoms with E-state index in [0.717, 1.165) is 19.3 Å². The fourth-order valence-electron chi connectivity index (χ4n) is 2.76. The van der Waals surface area contributed by atoms with Gasteiger partial charge < -0.3 is 4.74 Å². The average molecular weight is 234 g/mol. The molecule has 0 spiro atoms. The first-order valence-electron chi connectivity index (χ1n) is 6.16. The molecular weight excluding hydrogens is 219 g/mol. The summed E-state index contributed by atoms with van der Waals surface area (Å²) in [4.78, 5) is 12.1. The zero-order valence-corrected chi connectivity index (χ0v) is 9.83. The smallest absolute Gasteiger partial charge is 0.170 e. The number of hydrogen-bond donors (Lipinski definition) is 0. The molecule has 0 saturated heterocycles. The van der Waals surface area contributed by atoms with E-state index in [2.05, 4.69) is 0 Å². The number of rotatable bonds is 2. The van der Waals surface area contributed by atoms with E-state index in [1.807, 2.05) is 6.92 Å². The molecule has 1 aliphatic carbocycles. The molecule has 1 heterocycles. The predicted octanol–water partition coefficient (Wildman–Crippen LogP) is 3.35. The highest BCUT2D eigenvalue weighted by Gasteiger charge is 2.50. The van der Waals surface area contributed by atoms with E-state index in [1.165, 1.54) is 18.2 Å². The van der Waals surface area contributed by atoms with Gasteiger partial charge in [0.2, 0.25) is 0 Å². The van der Waals surface area contributed by atoms with Crippen LogP contribution in [0.15, 0.2) is 18.2 Å². The van der Waals surface area contributed by atoms with Gasteiger partial charge in [-0.2, -0.15) is 0 Å². The second-order valence-electron chi connectivity index (χ2n) is 5.04. The molecule has 1 atom stereocenters. The van der Waals surface area contributed by atoms with Crippen LogP contribution in [0.5, 0.6) is 5.75 Å². The van der Waals surface area contributed by atoms with Crippen molar-refractivity contribution < 1.29 is 13.9 Å². The Kier molecular flexibility index (Phi) is 2.25. The van der Waals surface area contributed by atoms with E-state index in [4.69, 9.17) is 4.74 Å². The lowest BCUT2D eigenvalue weighted by Gasteiger charge is -2.37. The Labute approximate surface area is 99.8 Å². The van der Waals surface area contributed by atoms with Gasteiger partial charge in [0.05, 0.1) is 12.0 Å². The molecule has 2 aliphatic rings. The number of hydrogen-bond acceptors (Lipinski definition) is 2. The summed E-state index contributed by atoms with van der Waals surface area (Å²) in [6.45, 7) is 2.04. The van der Waals surface area contributed by atoms with Crippen LogP contribution >= 0.6 is 0 Å². The minimum absolute atomic E-state index is 0.0833. The molecule has 3 heteroatoms. The first-order valence-corrected chi connectivity index (χ1v) is 6.16. The Morgan fingerprint density at radius 1 is 1.47 bits per heavy atom. The zero-order valence-electron chi connectivity index (χ0n) is 9.83. The van der Waals surface area contributed by atoms with Crippen molar-refractivity contribution in [2.75, 3.05) is 0 Å². The van der Waals surface area contributed by atoms with Crippen molar-refractivity contribution in [3.63, 3.8) is 0 Å². The maximum absolute atomic E-state index is 13.2. The highest BCUT2D eigenvalue weighted by Crippen LogP contribution is 2.49. The largest absolute Gasteiger partial charge is 0.486 e. The monoisotopic (exact) mass is 234 g/mol. The number of ether oxygens (including phenoxy) is 1. The first-order chi connectivity index (χ1) is 8.14. The number of carbonyl (C=O) groups excluding carboxylic acids is 1. The van der Waals surface area contributed by atoms with Gasteiger partial charge in [-0.15, -0.1) is 0 Å². The molecule has 0 amide bonds. The molecule has 0 radical (unpaired) electrons. The Bertz CT molecular complexity index is 479. The van der Waals surface area contributed by atoms with Gasteiger partial charge in [-0.3, -0.25) is 4.79 Å². The van der Waals surface area contributed by atoms with E-state index in [0.29, 0.717) is 23.7 Å². The van der Waals surface area contributed by atoms with Crippen LogP contribution in [0.4, 0.5) is 4.39 Å². The third-order valence-electron chi connectivity index (χ3n) is 3.94. The lowest BCUT2D eigenvalue weighted by atomic mass is 9.84. The molecule has 17 heavy (non-hydrogen) atoms. The predicted molar refractivity (Wildman–Crippen MR) is 61.7 cm³/mol. The molecule has 0 bridgehead atoms. The fraction of sp³-hybridized carbons (Fsp3) is 0.500. The van der Waals surface area contributed by atoms with Gasteiger partial charge >= 0.3 is 0 Å². The normalized spacial score (nSPS) is 27.5. The fourth-order valence-corrected chi connectivity index (χ4v) is 2.76. The maximum atomic E-state index is 13.2. The van der Waals surface area contributed by atoms with Crippen molar-refractivity contribution in [1.82, 2.24) is 0 Å². The number of halogens is 1. The topological polar surface area (TPSA) is 26.3 Å². The molecule has 1 aromatic rings. The second-order valence-corrected chi connectivity index (χ2v) is 5.04. The zero-order chi connectivity index (χ0) is 12.0. The lowest BCUT2D eigenvalue weighted by molar-refractivity contribution is 0.0210. The van der Waals surface area contributed by atoms with Crippen molar-refractivity contribution in [2.24, 2.45) is 5.92 Å². The van der Waals surface area contributed by atoms with Crippen molar-refractivity contribution in [3.05, 3.63) is 29.6 Å². The highest BCUT2D eigenvalue weighted by atomic mass is 19.1. The Morgan fingerprint density at radius 3 is 2.88 bits per heavy atom. The van der Waals surface area contributed by atoms with Crippen molar-refractivity contribution >= 4 is 5.78 Å². The molecule has 2 nitrogen and oxygen atoms in total. The first kappa shape index (κ1) is 10.8. The van der Waals surface area contributed by atoms with Gasteiger partial charge in [0.1, 0.15) is 17.2 Å². The van der Waals surface area contributed by atoms with Crippen LogP contribution in [0.2, 0.25) is 0 Å². The molecule has 0 aromatic heterocycles. The van der Waals surface area contributed by atoms with Gasteiger partial charge in [0.25, 0.3) is 0 Å². The summed E-state index contributed by atoms with van der Waals surface area (Å²) >= 11 is 0. The number of fused-ring (bicyclic) bond motifs is 1. The lowest BCUT2D eigenvalue weighted by Crippen LogP contribution is -2.43. The second kappa shape index (κ2) is 3.56. The minimum Gasteiger partial charge on any atom is -0.486 e. The van der Waals surface area contributed by atoms with Crippen LogP contribution in [-0.4, -0.2) is 11.4 Å². The Balaban J connectivity index is 2.03. The summed E-state index contributed by atoms with van der Waals surface area (Å²) in [6, 6.07) is 4.18. The van der Waals surface area contributed by atoms with E-state index < -0.39 is 0 Å². The summed E-state index contributed by atoms with van der Waals surface area (Å²) < 4.78 is 19.2. The highest BCUT2D eigenvalue weighted by molar-refractivity contribution is 6.00. The number of ketones is 1. The van der Waals surface area contributed by atoms with Crippen LogP contribution in [0.25, 0.3) is 0 Å². The standard InChI is InChI=1S/C14H15FO2/c1-2-14(9-3-4-9)8-12(16)11-6-5-10(15)7-13(11)17-14/h5-7,9H,2-4,8H2,1H3. The van der Waals surface area contributed by atoms with Crippen molar-refractivity contribution in [3.8, 4) is 5.75 Å². The summed E-state index contributed by atoms with van der Waals surface area (Å²) in [5, 5.41) is 0. The molecule has 1 aromatic carbocycles. The summed E-state index contributed by atoms with van der Waals surface area (Å²) in [5.74, 6) is 0.627. The van der Waals surface area contributed by atoms with Gasteiger partial charge in [-0.05, 0) is 37.3 Å². The van der Waals surface area contributed by atoms with Gasteiger partial charge in [0.15, 0.2) is 5.78 Å². The molecule has 0 N–H and O–H groups in total. The third-order valence-corrected chi connectivity index (χ3v) is 3.94. The molecule has 1 saturated carbocycles. The number of benzene rings is 1. The van der Waals surface area contributed by atoms with Crippen LogP contribution < -0.4 is 4.74 Å². The minimum atomic E-state index is -0.377. The number of carbonyl (C=O) groups is 1. The molecule has 1 fully saturated rings. The van der Waals surface area contributed by atoms with E-state index in [-0.39, 0.29) is 17.2 Å². The summed E-state index contributed by atoms with van der Waals surface area (Å²) in [7, 11) is 0. The van der Waals surface area contributed by atoms with E-state index in [1.54, 1.807) is 0 Å². The molecule has 1 unspecified atom stereocenters. The molecular formula is C14H15FO2. The van der Waals surface area contributed by atoms with Crippen LogP contribution in [0.3, 0.4) is 0 Å². The van der Waals surface area contributed by atoms with Gasteiger partial charge in [0, 0.05) is 6.07 Å².